The summed E-state index contributed by atoms with van der Waals surface area (Å²) in [4.78, 5) is 15.0. The highest BCUT2D eigenvalue weighted by molar-refractivity contribution is 5.96. The molecular weight excluding hydrogens is 242 g/mol. The minimum atomic E-state index is -0.388. The largest absolute Gasteiger partial charge is 0.384 e. The first-order chi connectivity index (χ1) is 8.99. The first kappa shape index (κ1) is 13.3. The molecule has 100 valence electrons. The van der Waals surface area contributed by atoms with Crippen molar-refractivity contribution in [3.8, 4) is 0 Å². The zero-order valence-electron chi connectivity index (χ0n) is 11.3. The van der Waals surface area contributed by atoms with Gasteiger partial charge in [0, 0.05) is 29.4 Å². The maximum Gasteiger partial charge on any atom is 0.295 e. The summed E-state index contributed by atoms with van der Waals surface area (Å²) >= 11 is 0. The lowest BCUT2D eigenvalue weighted by atomic mass is 10.1. The highest BCUT2D eigenvalue weighted by atomic mass is 16.6. The van der Waals surface area contributed by atoms with E-state index in [1.165, 1.54) is 6.07 Å². The number of nitro benzene ring substituents is 1. The molecule has 0 bridgehead atoms. The fourth-order valence-corrected chi connectivity index (χ4v) is 1.97. The van der Waals surface area contributed by atoms with Crippen LogP contribution in [0.5, 0.6) is 0 Å². The summed E-state index contributed by atoms with van der Waals surface area (Å²) < 4.78 is 0. The minimum Gasteiger partial charge on any atom is -0.384 e. The molecule has 0 fully saturated rings. The van der Waals surface area contributed by atoms with Crippen LogP contribution in [-0.4, -0.2) is 16.5 Å². The number of nitrogens with one attached hydrogen (secondary N) is 1. The predicted molar refractivity (Wildman–Crippen MR) is 76.5 cm³/mol. The van der Waals surface area contributed by atoms with Crippen LogP contribution >= 0.6 is 0 Å². The van der Waals surface area contributed by atoms with Gasteiger partial charge in [0.2, 0.25) is 0 Å². The van der Waals surface area contributed by atoms with Gasteiger partial charge in [0.05, 0.1) is 4.92 Å². The number of nitro groups is 1. The Kier molecular flexibility index (Phi) is 3.64. The summed E-state index contributed by atoms with van der Waals surface area (Å²) in [5.41, 5.74) is 2.17. The number of fused-ring (bicyclic) bond motifs is 1. The van der Waals surface area contributed by atoms with Crippen LogP contribution < -0.4 is 5.32 Å². The molecule has 19 heavy (non-hydrogen) atoms. The van der Waals surface area contributed by atoms with Crippen LogP contribution in [0.1, 0.15) is 19.5 Å². The summed E-state index contributed by atoms with van der Waals surface area (Å²) in [6, 6.07) is 6.96. The highest BCUT2D eigenvalue weighted by Crippen LogP contribution is 2.29. The fourth-order valence-electron chi connectivity index (χ4n) is 1.97. The van der Waals surface area contributed by atoms with Gasteiger partial charge >= 0.3 is 0 Å². The molecule has 0 radical (unpaired) electrons. The SMILES string of the molecule is Cc1cc(NCC(C)C)c2cccc([N+](=O)[O-])c2n1. The van der Waals surface area contributed by atoms with Gasteiger partial charge in [0.15, 0.2) is 5.52 Å². The van der Waals surface area contributed by atoms with Crippen molar-refractivity contribution in [3.63, 3.8) is 0 Å². The number of anilines is 1. The van der Waals surface area contributed by atoms with E-state index in [4.69, 9.17) is 0 Å². The molecule has 0 aliphatic carbocycles. The minimum absolute atomic E-state index is 0.0498. The van der Waals surface area contributed by atoms with Crippen molar-refractivity contribution in [1.82, 2.24) is 4.98 Å². The van der Waals surface area contributed by atoms with Crippen molar-refractivity contribution in [1.29, 1.82) is 0 Å². The van der Waals surface area contributed by atoms with Crippen molar-refractivity contribution in [2.24, 2.45) is 5.92 Å². The third-order valence-corrected chi connectivity index (χ3v) is 2.84. The van der Waals surface area contributed by atoms with Crippen LogP contribution in [0.25, 0.3) is 10.9 Å². The lowest BCUT2D eigenvalue weighted by molar-refractivity contribution is -0.383. The number of benzene rings is 1. The second kappa shape index (κ2) is 5.22. The van der Waals surface area contributed by atoms with Crippen LogP contribution in [0.3, 0.4) is 0 Å². The van der Waals surface area contributed by atoms with Crippen molar-refractivity contribution in [3.05, 3.63) is 40.1 Å². The van der Waals surface area contributed by atoms with E-state index in [9.17, 15) is 10.1 Å². The number of rotatable bonds is 4. The van der Waals surface area contributed by atoms with Gasteiger partial charge in [-0.2, -0.15) is 0 Å². The van der Waals surface area contributed by atoms with Gasteiger partial charge in [-0.15, -0.1) is 0 Å². The Morgan fingerprint density at radius 2 is 2.16 bits per heavy atom. The Bertz CT molecular complexity index is 623. The molecular formula is C14H17N3O2. The summed E-state index contributed by atoms with van der Waals surface area (Å²) in [6.45, 7) is 6.90. The van der Waals surface area contributed by atoms with E-state index in [0.29, 0.717) is 11.4 Å². The molecule has 0 amide bonds. The average Bonchev–Trinajstić information content (AvgIpc) is 2.34. The molecule has 0 aliphatic heterocycles. The summed E-state index contributed by atoms with van der Waals surface area (Å²) in [5, 5.41) is 15.2. The van der Waals surface area contributed by atoms with E-state index in [-0.39, 0.29) is 10.6 Å². The van der Waals surface area contributed by atoms with Gasteiger partial charge in [-0.1, -0.05) is 26.0 Å². The van der Waals surface area contributed by atoms with Gasteiger partial charge in [-0.3, -0.25) is 10.1 Å². The normalized spacial score (nSPS) is 10.9. The number of para-hydroxylation sites is 1. The number of aromatic nitrogens is 1. The Morgan fingerprint density at radius 3 is 2.79 bits per heavy atom. The average molecular weight is 259 g/mol. The molecule has 2 aromatic rings. The molecule has 5 nitrogen and oxygen atoms in total. The molecule has 0 saturated carbocycles. The van der Waals surface area contributed by atoms with Crippen molar-refractivity contribution in [2.75, 3.05) is 11.9 Å². The summed E-state index contributed by atoms with van der Waals surface area (Å²) in [7, 11) is 0. The van der Waals surface area contributed by atoms with Gasteiger partial charge < -0.3 is 5.32 Å². The van der Waals surface area contributed by atoms with Crippen LogP contribution in [0, 0.1) is 23.0 Å². The van der Waals surface area contributed by atoms with Crippen LogP contribution in [0.15, 0.2) is 24.3 Å². The molecule has 1 N–H and O–H groups in total. The lowest BCUT2D eigenvalue weighted by Gasteiger charge is -2.12. The molecule has 1 aromatic carbocycles. The highest BCUT2D eigenvalue weighted by Gasteiger charge is 2.15. The second-order valence-electron chi connectivity index (χ2n) is 5.02. The van der Waals surface area contributed by atoms with Gasteiger partial charge in [0.25, 0.3) is 5.69 Å². The van der Waals surface area contributed by atoms with Crippen LogP contribution in [-0.2, 0) is 0 Å². The molecule has 5 heteroatoms. The Hall–Kier alpha value is -2.17. The Labute approximate surface area is 111 Å². The third-order valence-electron chi connectivity index (χ3n) is 2.84. The van der Waals surface area contributed by atoms with Gasteiger partial charge in [-0.25, -0.2) is 4.98 Å². The lowest BCUT2D eigenvalue weighted by Crippen LogP contribution is -2.09. The monoisotopic (exact) mass is 259 g/mol. The second-order valence-corrected chi connectivity index (χ2v) is 5.02. The van der Waals surface area contributed by atoms with Gasteiger partial charge in [-0.05, 0) is 18.9 Å². The Balaban J connectivity index is 2.58. The summed E-state index contributed by atoms with van der Waals surface area (Å²) in [5.74, 6) is 0.502. The molecule has 1 heterocycles. The molecule has 0 spiro atoms. The zero-order chi connectivity index (χ0) is 14.0. The molecule has 2 rings (SSSR count). The van der Waals surface area contributed by atoms with E-state index in [1.54, 1.807) is 6.07 Å². The predicted octanol–water partition coefficient (Wildman–Crippen LogP) is 3.52. The molecule has 0 aliphatic rings. The number of non-ortho nitro benzene ring substituents is 1. The van der Waals surface area contributed by atoms with E-state index in [2.05, 4.69) is 24.1 Å². The van der Waals surface area contributed by atoms with Crippen LogP contribution in [0.4, 0.5) is 11.4 Å². The zero-order valence-corrected chi connectivity index (χ0v) is 11.3. The number of hydrogen-bond donors (Lipinski definition) is 1. The smallest absolute Gasteiger partial charge is 0.295 e. The van der Waals surface area contributed by atoms with Crippen molar-refractivity contribution >= 4 is 22.3 Å². The maximum atomic E-state index is 11.0. The van der Waals surface area contributed by atoms with Crippen molar-refractivity contribution < 1.29 is 4.92 Å². The van der Waals surface area contributed by atoms with E-state index in [1.807, 2.05) is 19.1 Å². The molecule has 1 aromatic heterocycles. The van der Waals surface area contributed by atoms with Crippen LogP contribution in [0.2, 0.25) is 0 Å². The standard InChI is InChI=1S/C14H17N3O2/c1-9(2)8-15-12-7-10(3)16-14-11(12)5-4-6-13(14)17(18)19/h4-7,9H,8H2,1-3H3,(H,15,16). The van der Waals surface area contributed by atoms with Crippen molar-refractivity contribution in [2.45, 2.75) is 20.8 Å². The van der Waals surface area contributed by atoms with Gasteiger partial charge in [0.1, 0.15) is 0 Å². The number of hydrogen-bond acceptors (Lipinski definition) is 4. The Morgan fingerprint density at radius 1 is 1.42 bits per heavy atom. The number of aryl methyl sites for hydroxylation is 1. The molecule has 0 unspecified atom stereocenters. The maximum absolute atomic E-state index is 11.0. The number of pyridine rings is 1. The first-order valence-electron chi connectivity index (χ1n) is 6.27. The van der Waals surface area contributed by atoms with E-state index >= 15 is 0 Å². The topological polar surface area (TPSA) is 68.1 Å². The van der Waals surface area contributed by atoms with E-state index < -0.39 is 0 Å². The molecule has 0 saturated heterocycles. The van der Waals surface area contributed by atoms with E-state index in [0.717, 1.165) is 23.3 Å². The third kappa shape index (κ3) is 2.81. The molecule has 0 atom stereocenters. The fraction of sp³-hybridized carbons (Fsp3) is 0.357. The quantitative estimate of drug-likeness (QED) is 0.673. The first-order valence-corrected chi connectivity index (χ1v) is 6.27. The summed E-state index contributed by atoms with van der Waals surface area (Å²) in [6.07, 6.45) is 0. The number of nitrogens with zero attached hydrogens (tertiary/aromatic N) is 2.